The summed E-state index contributed by atoms with van der Waals surface area (Å²) >= 11 is 0. The van der Waals surface area contributed by atoms with Crippen LogP contribution in [0.3, 0.4) is 0 Å². The van der Waals surface area contributed by atoms with Gasteiger partial charge in [-0.05, 0) is 134 Å². The topological polar surface area (TPSA) is 74.8 Å². The first kappa shape index (κ1) is 34.0. The van der Waals surface area contributed by atoms with Gasteiger partial charge in [0.2, 0.25) is 0 Å². The van der Waals surface area contributed by atoms with E-state index in [1.54, 1.807) is 0 Å². The molecule has 0 saturated carbocycles. The molecular formula is C54H38N2O4. The number of imide groups is 2. The van der Waals surface area contributed by atoms with Crippen LogP contribution in [0.5, 0.6) is 0 Å². The lowest BCUT2D eigenvalue weighted by molar-refractivity contribution is 0.0592. The van der Waals surface area contributed by atoms with Crippen LogP contribution in [0.1, 0.15) is 93.8 Å². The van der Waals surface area contributed by atoms with E-state index in [1.807, 2.05) is 24.3 Å². The predicted molar refractivity (Wildman–Crippen MR) is 245 cm³/mol. The second kappa shape index (κ2) is 11.9. The summed E-state index contributed by atoms with van der Waals surface area (Å²) in [7, 11) is 0. The SMILES string of the molecule is CCCCCN1C(=O)c2ccc3c4ccc5c6ccc7c8ccc9c%10c(ccc(c%11ccc(c%12ccc(c%13ccc(c2c3%13)C1=O)c4c5%12)c6c7%11)c%108)C(=O)N(CCCCC)C9=O. The Morgan fingerprint density at radius 3 is 0.700 bits per heavy atom. The van der Waals surface area contributed by atoms with Gasteiger partial charge in [-0.25, -0.2) is 0 Å². The highest BCUT2D eigenvalue weighted by molar-refractivity contribution is 6.47. The van der Waals surface area contributed by atoms with E-state index in [4.69, 9.17) is 0 Å². The molecular weight excluding hydrogens is 741 g/mol. The summed E-state index contributed by atoms with van der Waals surface area (Å²) in [5, 5.41) is 21.7. The first-order valence-corrected chi connectivity index (χ1v) is 21.5. The minimum atomic E-state index is -0.200. The van der Waals surface area contributed by atoms with Gasteiger partial charge in [0.15, 0.2) is 0 Å². The smallest absolute Gasteiger partial charge is 0.261 e. The van der Waals surface area contributed by atoms with Gasteiger partial charge < -0.3 is 0 Å². The van der Waals surface area contributed by atoms with Gasteiger partial charge in [0.05, 0.1) is 0 Å². The number of nitrogens with zero attached hydrogens (tertiary/aromatic N) is 2. The van der Waals surface area contributed by atoms with Crippen molar-refractivity contribution in [3.8, 4) is 0 Å². The Kier molecular flexibility index (Phi) is 6.71. The summed E-state index contributed by atoms with van der Waals surface area (Å²) in [6.45, 7) is 5.12. The number of rotatable bonds is 8. The zero-order valence-corrected chi connectivity index (χ0v) is 33.4. The molecule has 2 aliphatic heterocycles. The summed E-state index contributed by atoms with van der Waals surface area (Å²) < 4.78 is 0. The molecule has 0 unspecified atom stereocenters. The van der Waals surface area contributed by atoms with Crippen LogP contribution in [-0.4, -0.2) is 46.5 Å². The molecule has 11 aromatic carbocycles. The molecule has 0 radical (unpaired) electrons. The molecule has 2 heterocycles. The van der Waals surface area contributed by atoms with Crippen molar-refractivity contribution in [3.05, 3.63) is 119 Å². The first-order valence-electron chi connectivity index (χ1n) is 21.5. The van der Waals surface area contributed by atoms with Crippen molar-refractivity contribution in [2.75, 3.05) is 13.1 Å². The van der Waals surface area contributed by atoms with Crippen LogP contribution in [0.2, 0.25) is 0 Å². The highest BCUT2D eigenvalue weighted by Gasteiger charge is 2.36. The molecule has 6 heteroatoms. The Balaban J connectivity index is 1.07. The quantitative estimate of drug-likeness (QED) is 0.0666. The maximum absolute atomic E-state index is 13.9. The second-order valence-corrected chi connectivity index (χ2v) is 17.2. The van der Waals surface area contributed by atoms with Crippen LogP contribution in [-0.2, 0) is 0 Å². The van der Waals surface area contributed by atoms with Gasteiger partial charge in [0, 0.05) is 46.1 Å². The number of hydrogen-bond acceptors (Lipinski definition) is 4. The summed E-state index contributed by atoms with van der Waals surface area (Å²) in [6, 6.07) is 34.1. The molecule has 0 bridgehead atoms. The maximum atomic E-state index is 13.9. The summed E-state index contributed by atoms with van der Waals surface area (Å²) in [5.41, 5.74) is 2.42. The van der Waals surface area contributed by atoms with Crippen molar-refractivity contribution in [1.82, 2.24) is 9.80 Å². The number of hydrogen-bond donors (Lipinski definition) is 0. The lowest BCUT2D eigenvalue weighted by Crippen LogP contribution is -2.40. The van der Waals surface area contributed by atoms with Crippen molar-refractivity contribution in [2.45, 2.75) is 52.4 Å². The Hall–Kier alpha value is -6.92. The van der Waals surface area contributed by atoms with Crippen LogP contribution >= 0.6 is 0 Å². The molecule has 4 amide bonds. The molecule has 11 aromatic rings. The van der Waals surface area contributed by atoms with Crippen molar-refractivity contribution in [3.63, 3.8) is 0 Å². The van der Waals surface area contributed by atoms with E-state index in [2.05, 4.69) is 86.6 Å². The normalized spacial score (nSPS) is 14.8. The average molecular weight is 779 g/mol. The molecule has 60 heavy (non-hydrogen) atoms. The van der Waals surface area contributed by atoms with E-state index in [9.17, 15) is 19.2 Å². The van der Waals surface area contributed by atoms with Gasteiger partial charge in [0.25, 0.3) is 23.6 Å². The van der Waals surface area contributed by atoms with Gasteiger partial charge in [0.1, 0.15) is 0 Å². The van der Waals surface area contributed by atoms with Crippen molar-refractivity contribution < 1.29 is 19.2 Å². The zero-order valence-electron chi connectivity index (χ0n) is 33.4. The van der Waals surface area contributed by atoms with E-state index in [-0.39, 0.29) is 23.6 Å². The Morgan fingerprint density at radius 1 is 0.283 bits per heavy atom. The zero-order chi connectivity index (χ0) is 40.3. The summed E-state index contributed by atoms with van der Waals surface area (Å²) in [4.78, 5) is 58.5. The Morgan fingerprint density at radius 2 is 0.483 bits per heavy atom. The molecule has 0 spiro atoms. The Labute approximate surface area is 343 Å². The summed E-state index contributed by atoms with van der Waals surface area (Å²) in [6.07, 6.45) is 5.59. The third kappa shape index (κ3) is 3.99. The lowest BCUT2D eigenvalue weighted by atomic mass is 9.80. The van der Waals surface area contributed by atoms with Crippen molar-refractivity contribution in [1.29, 1.82) is 0 Å². The number of unbranched alkanes of at least 4 members (excludes halogenated alkanes) is 4. The molecule has 0 atom stereocenters. The number of fused-ring (bicyclic) bond motifs is 6. The molecule has 0 N–H and O–H groups in total. The van der Waals surface area contributed by atoms with Gasteiger partial charge in [-0.1, -0.05) is 112 Å². The minimum absolute atomic E-state index is 0.200. The van der Waals surface area contributed by atoms with E-state index >= 15 is 0 Å². The average Bonchev–Trinajstić information content (AvgIpc) is 3.28. The molecule has 0 saturated heterocycles. The van der Waals surface area contributed by atoms with Crippen molar-refractivity contribution in [2.24, 2.45) is 0 Å². The third-order valence-electron chi connectivity index (χ3n) is 14.3. The standard InChI is InChI=1S/C54H38N2O4/c1-3-5-7-25-55-51(57)39-21-17-35-31-13-9-27-29-11-15-33-37-19-23-41-50-42(54(60)56(53(41)59)26-8-6-4-2)24-20-38(48(37)50)34-16-12-30(44(29)46(33)34)28-10-14-32(45(31)43(27)28)36-18-22-40(52(55)58)49(39)47(35)36/h9-24H,3-8,25-26H2,1-2H3. The third-order valence-corrected chi connectivity index (χ3v) is 14.3. The highest BCUT2D eigenvalue weighted by atomic mass is 16.2. The highest BCUT2D eigenvalue weighted by Crippen LogP contribution is 2.52. The first-order chi connectivity index (χ1) is 29.4. The summed E-state index contributed by atoms with van der Waals surface area (Å²) in [5.74, 6) is -0.799. The number of amides is 4. The van der Waals surface area contributed by atoms with E-state index in [0.29, 0.717) is 35.3 Å². The fourth-order valence-corrected chi connectivity index (χ4v) is 11.6. The molecule has 6 nitrogen and oxygen atoms in total. The molecule has 0 fully saturated rings. The molecule has 0 aliphatic carbocycles. The van der Waals surface area contributed by atoms with Gasteiger partial charge in [-0.3, -0.25) is 29.0 Å². The van der Waals surface area contributed by atoms with Crippen LogP contribution in [0.4, 0.5) is 0 Å². The maximum Gasteiger partial charge on any atom is 0.261 e. The largest absolute Gasteiger partial charge is 0.274 e. The fourth-order valence-electron chi connectivity index (χ4n) is 11.6. The van der Waals surface area contributed by atoms with E-state index < -0.39 is 0 Å². The molecule has 2 aliphatic rings. The monoisotopic (exact) mass is 778 g/mol. The predicted octanol–water partition coefficient (Wildman–Crippen LogP) is 13.1. The van der Waals surface area contributed by atoms with Crippen LogP contribution in [0.25, 0.3) is 108 Å². The van der Waals surface area contributed by atoms with Crippen LogP contribution in [0.15, 0.2) is 97.1 Å². The van der Waals surface area contributed by atoms with Gasteiger partial charge in [-0.15, -0.1) is 0 Å². The lowest BCUT2D eigenvalue weighted by Gasteiger charge is -2.29. The minimum Gasteiger partial charge on any atom is -0.274 e. The van der Waals surface area contributed by atoms with E-state index in [1.165, 1.54) is 52.9 Å². The number of carbonyl (C=O) groups is 4. The molecule has 0 aromatic heterocycles. The molecule has 13 rings (SSSR count). The van der Waals surface area contributed by atoms with E-state index in [0.717, 1.165) is 103 Å². The molecule has 288 valence electrons. The number of carbonyl (C=O) groups excluding carboxylic acids is 4. The Bertz CT molecular complexity index is 3320. The van der Waals surface area contributed by atoms with Gasteiger partial charge in [-0.2, -0.15) is 0 Å². The van der Waals surface area contributed by atoms with Crippen LogP contribution < -0.4 is 0 Å². The second-order valence-electron chi connectivity index (χ2n) is 17.2. The van der Waals surface area contributed by atoms with Crippen LogP contribution in [0, 0.1) is 0 Å². The fraction of sp³-hybridized carbons (Fsp3) is 0.185. The number of benzene rings is 11. The van der Waals surface area contributed by atoms with Gasteiger partial charge >= 0.3 is 0 Å². The van der Waals surface area contributed by atoms with Crippen molar-refractivity contribution >= 4 is 131 Å².